The van der Waals surface area contributed by atoms with Crippen molar-refractivity contribution in [2.24, 2.45) is 32.4 Å². The van der Waals surface area contributed by atoms with Crippen LogP contribution >= 0.6 is 0 Å². The summed E-state index contributed by atoms with van der Waals surface area (Å²) in [5.74, 6) is -3.65. The molecule has 1 amide bonds. The number of aliphatic hydroxyl groups excluding tert-OH is 1. The Kier molecular flexibility index (Phi) is 6.21. The minimum Gasteiger partial charge on any atom is -0.453 e. The number of rotatable bonds is 7. The van der Waals surface area contributed by atoms with Crippen molar-refractivity contribution in [1.82, 2.24) is 4.90 Å². The van der Waals surface area contributed by atoms with Gasteiger partial charge in [0.2, 0.25) is 11.7 Å². The molecule has 0 spiro atoms. The molecule has 3 heterocycles. The summed E-state index contributed by atoms with van der Waals surface area (Å²) in [5, 5.41) is 9.24. The standard InChI is InChI=1S/C18H25FN6O6/c1-7(2)12(20)14(28)30-8(3)13(27)18-15(23-17(21)24-16(18)29)25(6-22-18)11-4-9(19)10(5-26)31-11/h6-12,26H,4-5,20H2,1-3H3,(H2,21,24,29)/t8?,9?,10-,11-,12+,18?/m1/s1. The SMILES string of the molecule is CC(OC(=O)[C@@H](N)C(C)C)C(=O)C12N=CN([C@H]3CC(F)[C@@H](CO)O3)C1=NC(N)=NC2=O. The maximum Gasteiger partial charge on any atom is 0.323 e. The van der Waals surface area contributed by atoms with Crippen molar-refractivity contribution in [3.63, 3.8) is 0 Å². The molecule has 13 heteroatoms. The first-order valence-corrected chi connectivity index (χ1v) is 9.75. The van der Waals surface area contributed by atoms with Crippen LogP contribution in [0.5, 0.6) is 0 Å². The fraction of sp³-hybridized carbons (Fsp3) is 0.667. The van der Waals surface area contributed by atoms with Gasteiger partial charge in [-0.05, 0) is 12.8 Å². The van der Waals surface area contributed by atoms with E-state index in [0.29, 0.717) is 0 Å². The minimum absolute atomic E-state index is 0.167. The van der Waals surface area contributed by atoms with Crippen molar-refractivity contribution >= 4 is 35.8 Å². The van der Waals surface area contributed by atoms with E-state index in [1.165, 1.54) is 11.8 Å². The molecule has 3 unspecified atom stereocenters. The molecule has 0 aromatic heterocycles. The topological polar surface area (TPSA) is 182 Å². The Bertz CT molecular complexity index is 876. The van der Waals surface area contributed by atoms with E-state index < -0.39 is 66.4 Å². The Morgan fingerprint density at radius 1 is 1.42 bits per heavy atom. The zero-order chi connectivity index (χ0) is 23.1. The molecule has 5 N–H and O–H groups in total. The number of nitrogens with two attached hydrogens (primary N) is 2. The molecule has 0 aromatic rings. The lowest BCUT2D eigenvalue weighted by atomic mass is 9.88. The average molecular weight is 440 g/mol. The third-order valence-electron chi connectivity index (χ3n) is 5.35. The van der Waals surface area contributed by atoms with E-state index in [1.807, 2.05) is 0 Å². The zero-order valence-corrected chi connectivity index (χ0v) is 17.3. The highest BCUT2D eigenvalue weighted by Gasteiger charge is 2.60. The van der Waals surface area contributed by atoms with Gasteiger partial charge in [0.1, 0.15) is 24.5 Å². The van der Waals surface area contributed by atoms with Gasteiger partial charge in [-0.15, -0.1) is 0 Å². The van der Waals surface area contributed by atoms with Gasteiger partial charge in [0.25, 0.3) is 11.4 Å². The number of halogens is 1. The maximum atomic E-state index is 14.1. The number of ketones is 1. The molecule has 0 saturated carbocycles. The molecule has 1 fully saturated rings. The molecular formula is C18H25FN6O6. The highest BCUT2D eigenvalue weighted by molar-refractivity contribution is 6.38. The number of aliphatic imine (C=N–C) groups is 3. The number of Topliss-reactive ketones (excluding diaryl/α,β-unsaturated/α-hetero) is 1. The predicted octanol–water partition coefficient (Wildman–Crippen LogP) is -1.75. The molecule has 0 bridgehead atoms. The van der Waals surface area contributed by atoms with Crippen LogP contribution in [0, 0.1) is 5.92 Å². The van der Waals surface area contributed by atoms with E-state index in [-0.39, 0.29) is 18.2 Å². The first-order chi connectivity index (χ1) is 14.5. The lowest BCUT2D eigenvalue weighted by molar-refractivity contribution is -0.158. The number of amides is 1. The third kappa shape index (κ3) is 3.83. The zero-order valence-electron chi connectivity index (χ0n) is 17.3. The maximum absolute atomic E-state index is 14.1. The monoisotopic (exact) mass is 440 g/mol. The van der Waals surface area contributed by atoms with Gasteiger partial charge in [0.15, 0.2) is 11.9 Å². The van der Waals surface area contributed by atoms with Crippen LogP contribution in [-0.4, -0.2) is 88.6 Å². The Morgan fingerprint density at radius 2 is 2.10 bits per heavy atom. The van der Waals surface area contributed by atoms with Gasteiger partial charge in [-0.2, -0.15) is 9.98 Å². The normalized spacial score (nSPS) is 31.9. The van der Waals surface area contributed by atoms with Crippen molar-refractivity contribution in [2.45, 2.75) is 63.4 Å². The first-order valence-electron chi connectivity index (χ1n) is 9.75. The Balaban J connectivity index is 1.89. The second-order valence-electron chi connectivity index (χ2n) is 7.85. The number of guanidine groups is 1. The number of esters is 1. The van der Waals surface area contributed by atoms with Crippen LogP contribution < -0.4 is 11.5 Å². The summed E-state index contributed by atoms with van der Waals surface area (Å²) in [4.78, 5) is 51.0. The number of aliphatic hydroxyl groups is 1. The van der Waals surface area contributed by atoms with Gasteiger partial charge in [-0.25, -0.2) is 9.38 Å². The average Bonchev–Trinajstić information content (AvgIpc) is 3.27. The lowest BCUT2D eigenvalue weighted by Crippen LogP contribution is -2.60. The molecule has 12 nitrogen and oxygen atoms in total. The summed E-state index contributed by atoms with van der Waals surface area (Å²) in [5.41, 5.74) is 9.11. The van der Waals surface area contributed by atoms with E-state index >= 15 is 0 Å². The number of amidine groups is 1. The summed E-state index contributed by atoms with van der Waals surface area (Å²) < 4.78 is 24.7. The molecule has 3 aliphatic rings. The third-order valence-corrected chi connectivity index (χ3v) is 5.35. The second kappa shape index (κ2) is 8.40. The van der Waals surface area contributed by atoms with Crippen LogP contribution in [0.15, 0.2) is 15.0 Å². The van der Waals surface area contributed by atoms with E-state index in [1.54, 1.807) is 13.8 Å². The summed E-state index contributed by atoms with van der Waals surface area (Å²) in [6, 6.07) is -0.969. The fourth-order valence-corrected chi connectivity index (χ4v) is 3.44. The first kappa shape index (κ1) is 22.9. The van der Waals surface area contributed by atoms with Gasteiger partial charge < -0.3 is 26.0 Å². The van der Waals surface area contributed by atoms with Crippen molar-refractivity contribution < 1.29 is 33.4 Å². The lowest BCUT2D eigenvalue weighted by Gasteiger charge is -2.32. The van der Waals surface area contributed by atoms with Crippen molar-refractivity contribution in [2.75, 3.05) is 6.61 Å². The highest BCUT2D eigenvalue weighted by Crippen LogP contribution is 2.34. The van der Waals surface area contributed by atoms with Gasteiger partial charge in [0, 0.05) is 6.42 Å². The van der Waals surface area contributed by atoms with Crippen LogP contribution in [0.4, 0.5) is 4.39 Å². The van der Waals surface area contributed by atoms with E-state index in [0.717, 1.165) is 6.34 Å². The number of carbonyl (C=O) groups is 3. The number of fused-ring (bicyclic) bond motifs is 1. The van der Waals surface area contributed by atoms with E-state index in [4.69, 9.17) is 20.9 Å². The van der Waals surface area contributed by atoms with Crippen molar-refractivity contribution in [3.8, 4) is 0 Å². The van der Waals surface area contributed by atoms with Crippen molar-refractivity contribution in [3.05, 3.63) is 0 Å². The van der Waals surface area contributed by atoms with Gasteiger partial charge in [0.05, 0.1) is 12.9 Å². The number of nitrogens with zero attached hydrogens (tertiary/aromatic N) is 4. The Labute approximate surface area is 177 Å². The highest BCUT2D eigenvalue weighted by atomic mass is 19.1. The number of ether oxygens (including phenoxy) is 2. The molecule has 6 atom stereocenters. The summed E-state index contributed by atoms with van der Waals surface area (Å²) >= 11 is 0. The quantitative estimate of drug-likeness (QED) is 0.305. The Hall–Kier alpha value is -2.77. The number of hydrogen-bond donors (Lipinski definition) is 3. The largest absolute Gasteiger partial charge is 0.453 e. The predicted molar refractivity (Wildman–Crippen MR) is 106 cm³/mol. The molecule has 1 saturated heterocycles. The summed E-state index contributed by atoms with van der Waals surface area (Å²) in [6.45, 7) is 4.15. The molecule has 0 aromatic carbocycles. The van der Waals surface area contributed by atoms with Crippen LogP contribution in [0.1, 0.15) is 27.2 Å². The minimum atomic E-state index is -2.25. The van der Waals surface area contributed by atoms with Gasteiger partial charge in [-0.3, -0.25) is 19.3 Å². The van der Waals surface area contributed by atoms with E-state index in [2.05, 4.69) is 15.0 Å². The molecular weight excluding hydrogens is 415 g/mol. The summed E-state index contributed by atoms with van der Waals surface area (Å²) in [7, 11) is 0. The van der Waals surface area contributed by atoms with Crippen LogP contribution in [0.3, 0.4) is 0 Å². The number of alkyl halides is 1. The fourth-order valence-electron chi connectivity index (χ4n) is 3.44. The van der Waals surface area contributed by atoms with E-state index in [9.17, 15) is 23.9 Å². The molecule has 3 rings (SSSR count). The molecule has 3 aliphatic heterocycles. The molecule has 0 radical (unpaired) electrons. The molecule has 31 heavy (non-hydrogen) atoms. The smallest absolute Gasteiger partial charge is 0.323 e. The number of carbonyl (C=O) groups excluding carboxylic acids is 3. The van der Waals surface area contributed by atoms with Crippen LogP contribution in [-0.2, 0) is 23.9 Å². The summed E-state index contributed by atoms with van der Waals surface area (Å²) in [6.07, 6.45) is -4.02. The second-order valence-corrected chi connectivity index (χ2v) is 7.85. The molecule has 0 aliphatic carbocycles. The van der Waals surface area contributed by atoms with Gasteiger partial charge >= 0.3 is 5.97 Å². The Morgan fingerprint density at radius 3 is 2.68 bits per heavy atom. The van der Waals surface area contributed by atoms with Crippen molar-refractivity contribution in [1.29, 1.82) is 0 Å². The number of hydrogen-bond acceptors (Lipinski definition) is 11. The van der Waals surface area contributed by atoms with Gasteiger partial charge in [-0.1, -0.05) is 13.8 Å². The van der Waals surface area contributed by atoms with Crippen LogP contribution in [0.2, 0.25) is 0 Å². The van der Waals surface area contributed by atoms with Crippen LogP contribution in [0.25, 0.3) is 0 Å². The molecule has 170 valence electrons.